The van der Waals surface area contributed by atoms with E-state index >= 15 is 0 Å². The fraction of sp³-hybridized carbons (Fsp3) is 0.882. The van der Waals surface area contributed by atoms with Crippen molar-refractivity contribution < 1.29 is 9.59 Å². The Bertz CT molecular complexity index is 415. The molecule has 1 saturated heterocycles. The molecule has 1 N–H and O–H groups in total. The number of hydrogen-bond donors (Lipinski definition) is 1. The van der Waals surface area contributed by atoms with E-state index in [9.17, 15) is 9.59 Å². The first-order valence-electron chi connectivity index (χ1n) is 8.71. The van der Waals surface area contributed by atoms with Gasteiger partial charge in [0.2, 0.25) is 11.8 Å². The number of hydrogen-bond acceptors (Lipinski definition) is 2. The smallest absolute Gasteiger partial charge is 0.248 e. The van der Waals surface area contributed by atoms with Crippen molar-refractivity contribution in [2.75, 3.05) is 13.1 Å². The number of rotatable bonds is 2. The molecule has 2 aliphatic carbocycles. The predicted octanol–water partition coefficient (Wildman–Crippen LogP) is 2.47. The molecule has 3 fully saturated rings. The van der Waals surface area contributed by atoms with Crippen LogP contribution >= 0.6 is 0 Å². The average Bonchev–Trinajstić information content (AvgIpc) is 2.84. The summed E-state index contributed by atoms with van der Waals surface area (Å²) in [6.45, 7) is 3.77. The van der Waals surface area contributed by atoms with Crippen LogP contribution in [0, 0.1) is 11.8 Å². The normalized spacial score (nSPS) is 33.1. The highest BCUT2D eigenvalue weighted by molar-refractivity contribution is 5.93. The molecule has 3 aliphatic rings. The number of carbonyl (C=O) groups excluding carboxylic acids is 2. The van der Waals surface area contributed by atoms with E-state index < -0.39 is 5.54 Å². The van der Waals surface area contributed by atoms with E-state index in [0.717, 1.165) is 32.2 Å². The molecule has 4 heteroatoms. The van der Waals surface area contributed by atoms with Crippen molar-refractivity contribution in [2.24, 2.45) is 11.8 Å². The summed E-state index contributed by atoms with van der Waals surface area (Å²) >= 11 is 0. The maximum absolute atomic E-state index is 13.1. The SMILES string of the molecule is CC1CCCC1CN1CCC(=O)NC2(CCCCC2)C1=O. The zero-order valence-corrected chi connectivity index (χ0v) is 13.2. The topological polar surface area (TPSA) is 49.4 Å². The largest absolute Gasteiger partial charge is 0.342 e. The second kappa shape index (κ2) is 5.98. The third-order valence-corrected chi connectivity index (χ3v) is 5.89. The lowest BCUT2D eigenvalue weighted by atomic mass is 9.80. The van der Waals surface area contributed by atoms with Gasteiger partial charge in [-0.05, 0) is 31.1 Å². The van der Waals surface area contributed by atoms with Crippen molar-refractivity contribution in [3.8, 4) is 0 Å². The van der Waals surface area contributed by atoms with Crippen molar-refractivity contribution in [2.45, 2.75) is 70.3 Å². The van der Waals surface area contributed by atoms with Crippen LogP contribution in [0.15, 0.2) is 0 Å². The molecule has 2 saturated carbocycles. The molecule has 2 amide bonds. The molecule has 2 unspecified atom stereocenters. The van der Waals surface area contributed by atoms with Gasteiger partial charge in [0.05, 0.1) is 0 Å². The van der Waals surface area contributed by atoms with Gasteiger partial charge in [0.25, 0.3) is 0 Å². The Morgan fingerprint density at radius 1 is 1.14 bits per heavy atom. The van der Waals surface area contributed by atoms with E-state index in [2.05, 4.69) is 12.2 Å². The third-order valence-electron chi connectivity index (χ3n) is 5.89. The molecular formula is C17H28N2O2. The van der Waals surface area contributed by atoms with Gasteiger partial charge in [-0.15, -0.1) is 0 Å². The zero-order valence-electron chi connectivity index (χ0n) is 13.2. The zero-order chi connectivity index (χ0) is 14.9. The molecule has 0 bridgehead atoms. The lowest BCUT2D eigenvalue weighted by Crippen LogP contribution is -2.58. The molecule has 1 aliphatic heterocycles. The molecular weight excluding hydrogens is 264 g/mol. The van der Waals surface area contributed by atoms with E-state index in [1.807, 2.05) is 4.90 Å². The Morgan fingerprint density at radius 3 is 2.57 bits per heavy atom. The fourth-order valence-electron chi connectivity index (χ4n) is 4.47. The number of amides is 2. The molecule has 1 heterocycles. The van der Waals surface area contributed by atoms with Gasteiger partial charge in [0.1, 0.15) is 5.54 Å². The first kappa shape index (κ1) is 14.9. The minimum Gasteiger partial charge on any atom is -0.342 e. The van der Waals surface area contributed by atoms with Crippen LogP contribution in [0.3, 0.4) is 0 Å². The standard InChI is InChI=1S/C17H28N2O2/c1-13-6-5-7-14(13)12-19-11-8-15(20)18-17(16(19)21)9-3-2-4-10-17/h13-14H,2-12H2,1H3,(H,18,20). The van der Waals surface area contributed by atoms with Crippen LogP contribution in [0.25, 0.3) is 0 Å². The summed E-state index contributed by atoms with van der Waals surface area (Å²) in [4.78, 5) is 27.1. The second-order valence-corrected chi connectivity index (χ2v) is 7.36. The van der Waals surface area contributed by atoms with E-state index in [4.69, 9.17) is 0 Å². The maximum atomic E-state index is 13.1. The van der Waals surface area contributed by atoms with Gasteiger partial charge in [-0.1, -0.05) is 39.0 Å². The molecule has 4 nitrogen and oxygen atoms in total. The Balaban J connectivity index is 1.76. The molecule has 118 valence electrons. The third kappa shape index (κ3) is 2.95. The molecule has 21 heavy (non-hydrogen) atoms. The van der Waals surface area contributed by atoms with Gasteiger partial charge in [-0.25, -0.2) is 0 Å². The second-order valence-electron chi connectivity index (χ2n) is 7.36. The molecule has 0 aromatic carbocycles. The van der Waals surface area contributed by atoms with Crippen molar-refractivity contribution in [1.82, 2.24) is 10.2 Å². The molecule has 2 atom stereocenters. The van der Waals surface area contributed by atoms with E-state index in [1.54, 1.807) is 0 Å². The highest BCUT2D eigenvalue weighted by Gasteiger charge is 2.45. The van der Waals surface area contributed by atoms with E-state index in [1.165, 1.54) is 25.7 Å². The van der Waals surface area contributed by atoms with E-state index in [-0.39, 0.29) is 11.8 Å². The van der Waals surface area contributed by atoms with E-state index in [0.29, 0.717) is 24.8 Å². The summed E-state index contributed by atoms with van der Waals surface area (Å²) in [5, 5.41) is 3.08. The first-order valence-corrected chi connectivity index (χ1v) is 8.71. The minimum absolute atomic E-state index is 0.0622. The lowest BCUT2D eigenvalue weighted by Gasteiger charge is -2.39. The summed E-state index contributed by atoms with van der Waals surface area (Å²) in [5.74, 6) is 1.61. The predicted molar refractivity (Wildman–Crippen MR) is 81.7 cm³/mol. The molecule has 1 spiro atoms. The van der Waals surface area contributed by atoms with Gasteiger partial charge >= 0.3 is 0 Å². The van der Waals surface area contributed by atoms with Gasteiger partial charge in [-0.3, -0.25) is 9.59 Å². The summed E-state index contributed by atoms with van der Waals surface area (Å²) in [6, 6.07) is 0. The summed E-state index contributed by atoms with van der Waals surface area (Å²) in [5.41, 5.74) is -0.576. The summed E-state index contributed by atoms with van der Waals surface area (Å²) < 4.78 is 0. The quantitative estimate of drug-likeness (QED) is 0.850. The van der Waals surface area contributed by atoms with Gasteiger partial charge < -0.3 is 10.2 Å². The highest BCUT2D eigenvalue weighted by Crippen LogP contribution is 2.35. The van der Waals surface area contributed by atoms with Gasteiger partial charge in [0.15, 0.2) is 0 Å². The van der Waals surface area contributed by atoms with Crippen LogP contribution in [-0.2, 0) is 9.59 Å². The van der Waals surface area contributed by atoms with Crippen molar-refractivity contribution in [1.29, 1.82) is 0 Å². The number of nitrogens with one attached hydrogen (secondary N) is 1. The van der Waals surface area contributed by atoms with Crippen molar-refractivity contribution >= 4 is 11.8 Å². The average molecular weight is 292 g/mol. The Hall–Kier alpha value is -1.06. The highest BCUT2D eigenvalue weighted by atomic mass is 16.2. The number of carbonyl (C=O) groups is 2. The molecule has 3 rings (SSSR count). The van der Waals surface area contributed by atoms with Crippen LogP contribution in [0.5, 0.6) is 0 Å². The number of nitrogens with zero attached hydrogens (tertiary/aromatic N) is 1. The lowest BCUT2D eigenvalue weighted by molar-refractivity contribution is -0.141. The Morgan fingerprint density at radius 2 is 1.90 bits per heavy atom. The first-order chi connectivity index (χ1) is 10.1. The van der Waals surface area contributed by atoms with Crippen molar-refractivity contribution in [3.63, 3.8) is 0 Å². The minimum atomic E-state index is -0.576. The van der Waals surface area contributed by atoms with Crippen LogP contribution in [0.4, 0.5) is 0 Å². The van der Waals surface area contributed by atoms with Crippen LogP contribution in [-0.4, -0.2) is 35.3 Å². The van der Waals surface area contributed by atoms with Crippen molar-refractivity contribution in [3.05, 3.63) is 0 Å². The van der Waals surface area contributed by atoms with Crippen LogP contribution in [0.2, 0.25) is 0 Å². The molecule has 0 aromatic rings. The molecule has 0 radical (unpaired) electrons. The van der Waals surface area contributed by atoms with Gasteiger partial charge in [-0.2, -0.15) is 0 Å². The van der Waals surface area contributed by atoms with Crippen LogP contribution in [0.1, 0.15) is 64.7 Å². The maximum Gasteiger partial charge on any atom is 0.248 e. The summed E-state index contributed by atoms with van der Waals surface area (Å²) in [7, 11) is 0. The Labute approximate surface area is 127 Å². The van der Waals surface area contributed by atoms with Crippen LogP contribution < -0.4 is 5.32 Å². The molecule has 0 aromatic heterocycles. The summed E-state index contributed by atoms with van der Waals surface area (Å²) in [6.07, 6.45) is 9.23. The Kier molecular flexibility index (Phi) is 4.23. The van der Waals surface area contributed by atoms with Gasteiger partial charge in [0, 0.05) is 19.5 Å². The monoisotopic (exact) mass is 292 g/mol. The fourth-order valence-corrected chi connectivity index (χ4v) is 4.47.